The predicted molar refractivity (Wildman–Crippen MR) is 104 cm³/mol. The third-order valence-electron chi connectivity index (χ3n) is 4.45. The molecule has 1 aromatic carbocycles. The number of fused-ring (bicyclic) bond motifs is 1. The summed E-state index contributed by atoms with van der Waals surface area (Å²) in [7, 11) is 0. The molecule has 0 bridgehead atoms. The van der Waals surface area contributed by atoms with Gasteiger partial charge in [-0.05, 0) is 43.4 Å². The SMILES string of the molecule is N#Cc1c(N2C(=O)CSC2=NC(=O)c2ccccc2)sc2c1CCCC2. The topological polar surface area (TPSA) is 73.5 Å². The highest BCUT2D eigenvalue weighted by molar-refractivity contribution is 8.15. The van der Waals surface area contributed by atoms with E-state index in [9.17, 15) is 14.9 Å². The average Bonchev–Trinajstić information content (AvgIpc) is 3.21. The van der Waals surface area contributed by atoms with Gasteiger partial charge in [0.05, 0.1) is 11.3 Å². The van der Waals surface area contributed by atoms with Crippen LogP contribution in [0.3, 0.4) is 0 Å². The molecule has 0 radical (unpaired) electrons. The minimum Gasteiger partial charge on any atom is -0.273 e. The standard InChI is InChI=1S/C19H15N3O2S2/c20-10-14-13-8-4-5-9-15(13)26-18(14)22-16(23)11-25-19(22)21-17(24)12-6-2-1-3-7-12/h1-3,6-7H,4-5,8-9,11H2. The van der Waals surface area contributed by atoms with Crippen molar-refractivity contribution in [3.05, 3.63) is 51.9 Å². The smallest absolute Gasteiger partial charge is 0.273 e. The Balaban J connectivity index is 1.74. The maximum atomic E-state index is 12.5. The highest BCUT2D eigenvalue weighted by Crippen LogP contribution is 2.42. The molecule has 2 heterocycles. The monoisotopic (exact) mass is 381 g/mol. The molecule has 130 valence electrons. The summed E-state index contributed by atoms with van der Waals surface area (Å²) in [6, 6.07) is 11.1. The summed E-state index contributed by atoms with van der Waals surface area (Å²) in [5.41, 5.74) is 2.11. The number of carbonyl (C=O) groups excluding carboxylic acids is 2. The molecule has 2 aromatic rings. The summed E-state index contributed by atoms with van der Waals surface area (Å²) in [4.78, 5) is 31.8. The van der Waals surface area contributed by atoms with Gasteiger partial charge in [0.1, 0.15) is 11.1 Å². The van der Waals surface area contributed by atoms with Crippen LogP contribution in [-0.2, 0) is 17.6 Å². The highest BCUT2D eigenvalue weighted by Gasteiger charge is 2.35. The van der Waals surface area contributed by atoms with Crippen LogP contribution in [0.15, 0.2) is 35.3 Å². The van der Waals surface area contributed by atoms with Crippen molar-refractivity contribution in [3.63, 3.8) is 0 Å². The molecule has 0 spiro atoms. The summed E-state index contributed by atoms with van der Waals surface area (Å²) < 4.78 is 0. The van der Waals surface area contributed by atoms with E-state index >= 15 is 0 Å². The van der Waals surface area contributed by atoms with Gasteiger partial charge in [-0.1, -0.05) is 30.0 Å². The van der Waals surface area contributed by atoms with Gasteiger partial charge < -0.3 is 0 Å². The van der Waals surface area contributed by atoms with Crippen LogP contribution in [0.2, 0.25) is 0 Å². The Kier molecular flexibility index (Phi) is 4.62. The van der Waals surface area contributed by atoms with Gasteiger partial charge in [0.15, 0.2) is 5.17 Å². The molecule has 0 N–H and O–H groups in total. The first-order valence-corrected chi connectivity index (χ1v) is 10.2. The van der Waals surface area contributed by atoms with Crippen molar-refractivity contribution in [3.8, 4) is 6.07 Å². The zero-order valence-corrected chi connectivity index (χ0v) is 15.5. The fraction of sp³-hybridized carbons (Fsp3) is 0.263. The van der Waals surface area contributed by atoms with E-state index in [0.717, 1.165) is 31.2 Å². The maximum absolute atomic E-state index is 12.5. The van der Waals surface area contributed by atoms with Crippen molar-refractivity contribution in [1.82, 2.24) is 0 Å². The number of nitrogens with zero attached hydrogens (tertiary/aromatic N) is 3. The van der Waals surface area contributed by atoms with E-state index in [1.807, 2.05) is 6.07 Å². The molecule has 5 nitrogen and oxygen atoms in total. The second-order valence-electron chi connectivity index (χ2n) is 6.09. The molecule has 1 saturated heterocycles. The van der Waals surface area contributed by atoms with Crippen LogP contribution in [0.5, 0.6) is 0 Å². The summed E-state index contributed by atoms with van der Waals surface area (Å²) >= 11 is 2.74. The minimum atomic E-state index is -0.382. The van der Waals surface area contributed by atoms with Gasteiger partial charge in [-0.3, -0.25) is 9.59 Å². The molecule has 26 heavy (non-hydrogen) atoms. The van der Waals surface area contributed by atoms with Crippen molar-refractivity contribution < 1.29 is 9.59 Å². The first-order valence-electron chi connectivity index (χ1n) is 8.37. The molecule has 1 aliphatic carbocycles. The number of amidine groups is 1. The van der Waals surface area contributed by atoms with E-state index in [4.69, 9.17) is 0 Å². The van der Waals surface area contributed by atoms with Crippen molar-refractivity contribution in [1.29, 1.82) is 5.26 Å². The van der Waals surface area contributed by atoms with E-state index in [2.05, 4.69) is 11.1 Å². The van der Waals surface area contributed by atoms with Gasteiger partial charge in [0.25, 0.3) is 5.91 Å². The molecule has 0 saturated carbocycles. The molecule has 2 amide bonds. The summed E-state index contributed by atoms with van der Waals surface area (Å²) in [6.45, 7) is 0. The lowest BCUT2D eigenvalue weighted by Gasteiger charge is -2.14. The Morgan fingerprint density at radius 1 is 1.19 bits per heavy atom. The molecule has 1 fully saturated rings. The first kappa shape index (κ1) is 17.0. The average molecular weight is 381 g/mol. The fourth-order valence-corrected chi connectivity index (χ4v) is 5.47. The van der Waals surface area contributed by atoms with Crippen LogP contribution in [0.25, 0.3) is 0 Å². The largest absolute Gasteiger partial charge is 0.279 e. The molecule has 4 rings (SSSR count). The van der Waals surface area contributed by atoms with Gasteiger partial charge in [-0.2, -0.15) is 10.3 Å². The lowest BCUT2D eigenvalue weighted by Crippen LogP contribution is -2.29. The van der Waals surface area contributed by atoms with Gasteiger partial charge in [-0.25, -0.2) is 4.90 Å². The number of aryl methyl sites for hydroxylation is 1. The van der Waals surface area contributed by atoms with Crippen LogP contribution >= 0.6 is 23.1 Å². The number of aliphatic imine (C=N–C) groups is 1. The molecular weight excluding hydrogens is 366 g/mol. The summed E-state index contributed by atoms with van der Waals surface area (Å²) in [6.07, 6.45) is 3.99. The van der Waals surface area contributed by atoms with Gasteiger partial charge >= 0.3 is 0 Å². The van der Waals surface area contributed by atoms with E-state index in [-0.39, 0.29) is 17.6 Å². The molecule has 0 unspecified atom stereocenters. The fourth-order valence-electron chi connectivity index (χ4n) is 3.20. The number of hydrogen-bond acceptors (Lipinski definition) is 5. The third kappa shape index (κ3) is 2.96. The summed E-state index contributed by atoms with van der Waals surface area (Å²) in [5.74, 6) is -0.286. The summed E-state index contributed by atoms with van der Waals surface area (Å²) in [5, 5.41) is 10.6. The van der Waals surface area contributed by atoms with Crippen molar-refractivity contribution >= 4 is 45.1 Å². The Morgan fingerprint density at radius 3 is 2.73 bits per heavy atom. The first-order chi connectivity index (χ1) is 12.7. The number of rotatable bonds is 2. The molecule has 1 aliphatic heterocycles. The normalized spacial score (nSPS) is 18.0. The van der Waals surface area contributed by atoms with E-state index < -0.39 is 0 Å². The van der Waals surface area contributed by atoms with Crippen LogP contribution in [0.1, 0.15) is 39.2 Å². The number of anilines is 1. The van der Waals surface area contributed by atoms with Crippen LogP contribution in [0.4, 0.5) is 5.00 Å². The maximum Gasteiger partial charge on any atom is 0.279 e. The van der Waals surface area contributed by atoms with Gasteiger partial charge in [-0.15, -0.1) is 11.3 Å². The Hall–Kier alpha value is -2.43. The van der Waals surface area contributed by atoms with E-state index in [1.54, 1.807) is 24.3 Å². The highest BCUT2D eigenvalue weighted by atomic mass is 32.2. The third-order valence-corrected chi connectivity index (χ3v) is 6.65. The number of thiophene rings is 1. The Bertz CT molecular complexity index is 957. The molecular formula is C19H15N3O2S2. The van der Waals surface area contributed by atoms with Crippen LogP contribution in [0, 0.1) is 11.3 Å². The number of amides is 2. The molecule has 7 heteroatoms. The number of hydrogen-bond donors (Lipinski definition) is 0. The van der Waals surface area contributed by atoms with Crippen LogP contribution in [-0.4, -0.2) is 22.7 Å². The second kappa shape index (κ2) is 7.06. The Labute approximate surface area is 159 Å². The number of benzene rings is 1. The Morgan fingerprint density at radius 2 is 1.96 bits per heavy atom. The molecule has 2 aliphatic rings. The van der Waals surface area contributed by atoms with Crippen molar-refractivity contribution in [2.45, 2.75) is 25.7 Å². The zero-order valence-electron chi connectivity index (χ0n) is 13.9. The van der Waals surface area contributed by atoms with Crippen molar-refractivity contribution in [2.75, 3.05) is 10.7 Å². The lowest BCUT2D eigenvalue weighted by atomic mass is 9.96. The molecule has 1 aromatic heterocycles. The minimum absolute atomic E-state index is 0.135. The number of carbonyl (C=O) groups is 2. The van der Waals surface area contributed by atoms with Gasteiger partial charge in [0.2, 0.25) is 5.91 Å². The van der Waals surface area contributed by atoms with Crippen LogP contribution < -0.4 is 4.90 Å². The quantitative estimate of drug-likeness (QED) is 0.794. The second-order valence-corrected chi connectivity index (χ2v) is 8.11. The predicted octanol–water partition coefficient (Wildman–Crippen LogP) is 3.77. The lowest BCUT2D eigenvalue weighted by molar-refractivity contribution is -0.115. The molecule has 0 atom stereocenters. The zero-order chi connectivity index (χ0) is 18.1. The van der Waals surface area contributed by atoms with E-state index in [0.29, 0.717) is 21.3 Å². The van der Waals surface area contributed by atoms with Gasteiger partial charge in [0, 0.05) is 10.4 Å². The number of nitriles is 1. The van der Waals surface area contributed by atoms with E-state index in [1.165, 1.54) is 32.9 Å². The number of thioether (sulfide) groups is 1. The van der Waals surface area contributed by atoms with Crippen molar-refractivity contribution in [2.24, 2.45) is 4.99 Å².